The van der Waals surface area contributed by atoms with Crippen LogP contribution in [-0.2, 0) is 4.79 Å². The van der Waals surface area contributed by atoms with Crippen molar-refractivity contribution in [3.8, 4) is 5.75 Å². The Labute approximate surface area is 170 Å². The standard InChI is InChI=1S/C19H17ClFN3O5/c20-13-4-5-17(21)16(10-13)19(26)23-8-6-22(7-9-23)18(25)12-29-15-3-1-2-14(11-15)24(27)28/h1-5,10-11H,6-9,12H2. The lowest BCUT2D eigenvalue weighted by Crippen LogP contribution is -2.51. The van der Waals surface area contributed by atoms with Gasteiger partial charge in [0.2, 0.25) is 0 Å². The zero-order chi connectivity index (χ0) is 21.0. The van der Waals surface area contributed by atoms with Gasteiger partial charge in [0.05, 0.1) is 16.6 Å². The van der Waals surface area contributed by atoms with E-state index in [0.717, 1.165) is 6.07 Å². The number of ether oxygens (including phenoxy) is 1. The number of halogens is 2. The third-order valence-electron chi connectivity index (χ3n) is 4.47. The summed E-state index contributed by atoms with van der Waals surface area (Å²) in [7, 11) is 0. The first-order valence-corrected chi connectivity index (χ1v) is 9.12. The van der Waals surface area contributed by atoms with E-state index in [-0.39, 0.29) is 60.7 Å². The van der Waals surface area contributed by atoms with Gasteiger partial charge in [-0.15, -0.1) is 0 Å². The van der Waals surface area contributed by atoms with Gasteiger partial charge in [-0.05, 0) is 24.3 Å². The number of nitrogens with zero attached hydrogens (tertiary/aromatic N) is 3. The summed E-state index contributed by atoms with van der Waals surface area (Å²) in [6.07, 6.45) is 0. The van der Waals surface area contributed by atoms with Crippen LogP contribution in [0.25, 0.3) is 0 Å². The average Bonchev–Trinajstić information content (AvgIpc) is 2.73. The Hall–Kier alpha value is -3.20. The first-order chi connectivity index (χ1) is 13.8. The minimum atomic E-state index is -0.650. The van der Waals surface area contributed by atoms with E-state index in [2.05, 4.69) is 0 Å². The highest BCUT2D eigenvalue weighted by atomic mass is 35.5. The molecule has 0 aromatic heterocycles. The normalized spacial score (nSPS) is 13.9. The molecule has 0 unspecified atom stereocenters. The monoisotopic (exact) mass is 421 g/mol. The van der Waals surface area contributed by atoms with Gasteiger partial charge < -0.3 is 14.5 Å². The van der Waals surface area contributed by atoms with Crippen LogP contribution in [0.4, 0.5) is 10.1 Å². The smallest absolute Gasteiger partial charge is 0.273 e. The number of benzene rings is 2. The molecule has 1 heterocycles. The zero-order valence-electron chi connectivity index (χ0n) is 15.2. The van der Waals surface area contributed by atoms with Crippen LogP contribution in [0.2, 0.25) is 5.02 Å². The van der Waals surface area contributed by atoms with E-state index in [1.54, 1.807) is 0 Å². The maximum atomic E-state index is 13.9. The molecule has 152 valence electrons. The molecule has 29 heavy (non-hydrogen) atoms. The quantitative estimate of drug-likeness (QED) is 0.546. The second-order valence-electron chi connectivity index (χ2n) is 6.34. The molecule has 0 radical (unpaired) electrons. The van der Waals surface area contributed by atoms with Crippen LogP contribution in [0, 0.1) is 15.9 Å². The highest BCUT2D eigenvalue weighted by molar-refractivity contribution is 6.31. The lowest BCUT2D eigenvalue weighted by molar-refractivity contribution is -0.384. The van der Waals surface area contributed by atoms with E-state index in [1.807, 2.05) is 0 Å². The van der Waals surface area contributed by atoms with Gasteiger partial charge in [-0.2, -0.15) is 0 Å². The van der Waals surface area contributed by atoms with Crippen LogP contribution in [0.1, 0.15) is 10.4 Å². The molecule has 1 aliphatic rings. The van der Waals surface area contributed by atoms with Crippen molar-refractivity contribution in [1.82, 2.24) is 9.80 Å². The predicted molar refractivity (Wildman–Crippen MR) is 102 cm³/mol. The summed E-state index contributed by atoms with van der Waals surface area (Å²) in [6.45, 7) is 0.745. The maximum Gasteiger partial charge on any atom is 0.273 e. The Morgan fingerprint density at radius 3 is 2.48 bits per heavy atom. The molecule has 3 rings (SSSR count). The topological polar surface area (TPSA) is 93.0 Å². The molecule has 10 heteroatoms. The van der Waals surface area contributed by atoms with Crippen molar-refractivity contribution in [3.05, 3.63) is 69.0 Å². The molecular formula is C19H17ClFN3O5. The highest BCUT2D eigenvalue weighted by Gasteiger charge is 2.26. The van der Waals surface area contributed by atoms with Crippen LogP contribution in [-0.4, -0.2) is 59.3 Å². The van der Waals surface area contributed by atoms with Crippen LogP contribution < -0.4 is 4.74 Å². The molecule has 8 nitrogen and oxygen atoms in total. The highest BCUT2D eigenvalue weighted by Crippen LogP contribution is 2.20. The molecule has 2 aromatic rings. The second-order valence-corrected chi connectivity index (χ2v) is 6.78. The Kier molecular flexibility index (Phi) is 6.28. The van der Waals surface area contributed by atoms with Crippen molar-refractivity contribution >= 4 is 29.1 Å². The van der Waals surface area contributed by atoms with E-state index in [4.69, 9.17) is 16.3 Å². The average molecular weight is 422 g/mol. The van der Waals surface area contributed by atoms with Gasteiger partial charge in [0, 0.05) is 37.3 Å². The first kappa shape index (κ1) is 20.5. The van der Waals surface area contributed by atoms with Crippen LogP contribution in [0.5, 0.6) is 5.75 Å². The summed E-state index contributed by atoms with van der Waals surface area (Å²) in [4.78, 5) is 38.0. The maximum absolute atomic E-state index is 13.9. The fourth-order valence-corrected chi connectivity index (χ4v) is 3.09. The number of rotatable bonds is 5. The summed E-state index contributed by atoms with van der Waals surface area (Å²) in [5, 5.41) is 11.0. The van der Waals surface area contributed by atoms with E-state index in [1.165, 1.54) is 46.2 Å². The minimum absolute atomic E-state index is 0.105. The van der Waals surface area contributed by atoms with Gasteiger partial charge in [-0.1, -0.05) is 17.7 Å². The fourth-order valence-electron chi connectivity index (χ4n) is 2.91. The molecule has 1 aliphatic heterocycles. The lowest BCUT2D eigenvalue weighted by atomic mass is 10.1. The Bertz CT molecular complexity index is 947. The van der Waals surface area contributed by atoms with Gasteiger partial charge in [0.25, 0.3) is 17.5 Å². The van der Waals surface area contributed by atoms with Crippen molar-refractivity contribution in [2.45, 2.75) is 0 Å². The van der Waals surface area contributed by atoms with Gasteiger partial charge >= 0.3 is 0 Å². The molecule has 2 aromatic carbocycles. The van der Waals surface area contributed by atoms with E-state index in [9.17, 15) is 24.1 Å². The summed E-state index contributed by atoms with van der Waals surface area (Å²) >= 11 is 5.84. The lowest BCUT2D eigenvalue weighted by Gasteiger charge is -2.34. The SMILES string of the molecule is O=C(COc1cccc([N+](=O)[O-])c1)N1CCN(C(=O)c2cc(Cl)ccc2F)CC1. The van der Waals surface area contributed by atoms with E-state index in [0.29, 0.717) is 0 Å². The van der Waals surface area contributed by atoms with E-state index >= 15 is 0 Å². The van der Waals surface area contributed by atoms with Crippen LogP contribution in [0.3, 0.4) is 0 Å². The summed E-state index contributed by atoms with van der Waals surface area (Å²) < 4.78 is 19.2. The van der Waals surface area contributed by atoms with Crippen molar-refractivity contribution in [2.24, 2.45) is 0 Å². The zero-order valence-corrected chi connectivity index (χ0v) is 16.0. The van der Waals surface area contributed by atoms with Crippen molar-refractivity contribution in [3.63, 3.8) is 0 Å². The van der Waals surface area contributed by atoms with Gasteiger partial charge in [-0.3, -0.25) is 19.7 Å². The summed E-state index contributed by atoms with van der Waals surface area (Å²) in [5.74, 6) is -1.22. The molecular weight excluding hydrogens is 405 g/mol. The number of piperazine rings is 1. The fraction of sp³-hybridized carbons (Fsp3) is 0.263. The largest absolute Gasteiger partial charge is 0.484 e. The van der Waals surface area contributed by atoms with Gasteiger partial charge in [-0.25, -0.2) is 4.39 Å². The van der Waals surface area contributed by atoms with Crippen molar-refractivity contribution in [1.29, 1.82) is 0 Å². The summed E-state index contributed by atoms with van der Waals surface area (Å²) in [6, 6.07) is 9.35. The molecule has 1 fully saturated rings. The van der Waals surface area contributed by atoms with Crippen molar-refractivity contribution in [2.75, 3.05) is 32.8 Å². The number of carbonyl (C=O) groups excluding carboxylic acids is 2. The number of hydrogen-bond acceptors (Lipinski definition) is 5. The van der Waals surface area contributed by atoms with E-state index < -0.39 is 16.6 Å². The molecule has 0 N–H and O–H groups in total. The molecule has 0 spiro atoms. The third-order valence-corrected chi connectivity index (χ3v) is 4.70. The molecule has 0 atom stereocenters. The Morgan fingerprint density at radius 2 is 1.79 bits per heavy atom. The number of nitro groups is 1. The number of non-ortho nitro benzene ring substituents is 1. The molecule has 0 aliphatic carbocycles. The van der Waals surface area contributed by atoms with Gasteiger partial charge in [0.1, 0.15) is 11.6 Å². The van der Waals surface area contributed by atoms with Gasteiger partial charge in [0.15, 0.2) is 6.61 Å². The number of nitro benzene ring substituents is 1. The molecule has 0 bridgehead atoms. The summed E-state index contributed by atoms with van der Waals surface area (Å²) in [5.41, 5.74) is -0.235. The second kappa shape index (κ2) is 8.87. The molecule has 1 saturated heterocycles. The van der Waals surface area contributed by atoms with Crippen LogP contribution in [0.15, 0.2) is 42.5 Å². The molecule has 0 saturated carbocycles. The van der Waals surface area contributed by atoms with Crippen molar-refractivity contribution < 1.29 is 23.6 Å². The minimum Gasteiger partial charge on any atom is -0.484 e. The number of carbonyl (C=O) groups is 2. The predicted octanol–water partition coefficient (Wildman–Crippen LogP) is 2.75. The number of hydrogen-bond donors (Lipinski definition) is 0. The Morgan fingerprint density at radius 1 is 1.10 bits per heavy atom. The molecule has 2 amide bonds. The van der Waals surface area contributed by atoms with Crippen LogP contribution >= 0.6 is 11.6 Å². The number of amides is 2. The third kappa shape index (κ3) is 5.00. The Balaban J connectivity index is 1.53. The first-order valence-electron chi connectivity index (χ1n) is 8.74.